The van der Waals surface area contributed by atoms with Crippen LogP contribution in [0.15, 0.2) is 61.7 Å². The van der Waals surface area contributed by atoms with Gasteiger partial charge in [0.15, 0.2) is 5.65 Å². The number of carbonyl (C=O) groups is 1. The number of H-pyrrole nitrogens is 1. The molecule has 4 heterocycles. The largest absolute Gasteiger partial charge is 0.472 e. The highest BCUT2D eigenvalue weighted by atomic mass is 16.5. The number of nitrogens with one attached hydrogen (secondary N) is 4. The third-order valence-electron chi connectivity index (χ3n) is 5.16. The minimum atomic E-state index is -0.276. The summed E-state index contributed by atoms with van der Waals surface area (Å²) in [5.41, 5.74) is 4.11. The summed E-state index contributed by atoms with van der Waals surface area (Å²) in [5, 5.41) is 9.23. The van der Waals surface area contributed by atoms with Crippen molar-refractivity contribution in [1.29, 1.82) is 0 Å². The van der Waals surface area contributed by atoms with Crippen molar-refractivity contribution < 1.29 is 9.53 Å². The molecule has 33 heavy (non-hydrogen) atoms. The minimum Gasteiger partial charge on any atom is -0.472 e. The number of ether oxygens (including phenoxy) is 1. The molecule has 4 aromatic rings. The van der Waals surface area contributed by atoms with Crippen LogP contribution in [0.5, 0.6) is 5.88 Å². The zero-order valence-electron chi connectivity index (χ0n) is 17.7. The van der Waals surface area contributed by atoms with Crippen molar-refractivity contribution in [3.63, 3.8) is 0 Å². The lowest BCUT2D eigenvalue weighted by Crippen LogP contribution is -2.20. The summed E-state index contributed by atoms with van der Waals surface area (Å²) in [5.74, 6) is 0.756. The molecule has 0 spiro atoms. The monoisotopic (exact) mass is 442 g/mol. The molecule has 0 saturated carbocycles. The van der Waals surface area contributed by atoms with Gasteiger partial charge in [-0.15, -0.1) is 0 Å². The summed E-state index contributed by atoms with van der Waals surface area (Å²) in [6.07, 6.45) is 9.00. The lowest BCUT2D eigenvalue weighted by atomic mass is 10.2. The number of amides is 1. The van der Waals surface area contributed by atoms with Crippen molar-refractivity contribution in [3.8, 4) is 17.1 Å². The SMILES string of the molecule is C=CC(=O)Nc1cccc(Nc2cnc3[nH]cc(-c4cncc(OC5CCNC5)n4)c3n2)c1. The van der Waals surface area contributed by atoms with Crippen LogP contribution in [0.25, 0.3) is 22.4 Å². The maximum absolute atomic E-state index is 11.6. The first-order valence-corrected chi connectivity index (χ1v) is 10.5. The molecule has 1 fully saturated rings. The molecule has 10 nitrogen and oxygen atoms in total. The highest BCUT2D eigenvalue weighted by Gasteiger charge is 2.18. The van der Waals surface area contributed by atoms with Crippen molar-refractivity contribution in [2.45, 2.75) is 12.5 Å². The fraction of sp³-hybridized carbons (Fsp3) is 0.174. The van der Waals surface area contributed by atoms with Crippen LogP contribution in [0.2, 0.25) is 0 Å². The number of aromatic nitrogens is 5. The molecule has 1 aromatic carbocycles. The molecule has 1 saturated heterocycles. The van der Waals surface area contributed by atoms with E-state index >= 15 is 0 Å². The van der Waals surface area contributed by atoms with E-state index < -0.39 is 0 Å². The number of anilines is 3. The van der Waals surface area contributed by atoms with E-state index in [0.717, 1.165) is 30.8 Å². The van der Waals surface area contributed by atoms with Gasteiger partial charge in [-0.1, -0.05) is 12.6 Å². The molecule has 10 heteroatoms. The molecule has 3 aromatic heterocycles. The maximum atomic E-state index is 11.6. The van der Waals surface area contributed by atoms with E-state index in [1.165, 1.54) is 6.08 Å². The third kappa shape index (κ3) is 4.65. The van der Waals surface area contributed by atoms with E-state index in [2.05, 4.69) is 42.5 Å². The number of aromatic amines is 1. The van der Waals surface area contributed by atoms with Crippen molar-refractivity contribution in [2.24, 2.45) is 0 Å². The molecule has 1 aliphatic heterocycles. The number of rotatable bonds is 7. The maximum Gasteiger partial charge on any atom is 0.247 e. The zero-order valence-corrected chi connectivity index (χ0v) is 17.7. The number of nitrogens with zero attached hydrogens (tertiary/aromatic N) is 4. The average molecular weight is 442 g/mol. The zero-order chi connectivity index (χ0) is 22.6. The molecule has 1 aliphatic rings. The number of fused-ring (bicyclic) bond motifs is 1. The lowest BCUT2D eigenvalue weighted by Gasteiger charge is -2.11. The Labute approximate surface area is 189 Å². The van der Waals surface area contributed by atoms with Crippen LogP contribution in [0, 0.1) is 0 Å². The van der Waals surface area contributed by atoms with Gasteiger partial charge in [-0.25, -0.2) is 15.0 Å². The molecular weight excluding hydrogens is 420 g/mol. The fourth-order valence-electron chi connectivity index (χ4n) is 3.60. The number of hydrogen-bond donors (Lipinski definition) is 4. The van der Waals surface area contributed by atoms with Crippen LogP contribution in [0.3, 0.4) is 0 Å². The Balaban J connectivity index is 1.40. The van der Waals surface area contributed by atoms with E-state index in [4.69, 9.17) is 9.72 Å². The normalized spacial score (nSPS) is 15.3. The van der Waals surface area contributed by atoms with Gasteiger partial charge in [0.1, 0.15) is 17.4 Å². The standard InChI is InChI=1S/C23H22N8O2/c1-2-20(32)29-15-5-3-4-14(8-15)28-19-12-27-23-22(31-19)17(10-26-23)18-11-25-13-21(30-18)33-16-6-7-24-9-16/h2-5,8,10-13,16,24H,1,6-7,9H2,(H,26,27)(H,28,31)(H,29,32). The first-order chi connectivity index (χ1) is 16.2. The smallest absolute Gasteiger partial charge is 0.247 e. The summed E-state index contributed by atoms with van der Waals surface area (Å²) in [7, 11) is 0. The molecular formula is C23H22N8O2. The predicted molar refractivity (Wildman–Crippen MR) is 125 cm³/mol. The highest BCUT2D eigenvalue weighted by Crippen LogP contribution is 2.28. The van der Waals surface area contributed by atoms with Crippen molar-refractivity contribution in [3.05, 3.63) is 61.7 Å². The number of carbonyl (C=O) groups excluding carboxylic acids is 1. The second-order valence-corrected chi connectivity index (χ2v) is 7.53. The Bertz CT molecular complexity index is 1310. The van der Waals surface area contributed by atoms with Gasteiger partial charge in [0, 0.05) is 29.7 Å². The summed E-state index contributed by atoms with van der Waals surface area (Å²) in [6, 6.07) is 7.30. The second kappa shape index (κ2) is 9.05. The molecule has 1 amide bonds. The van der Waals surface area contributed by atoms with E-state index in [1.807, 2.05) is 18.3 Å². The number of hydrogen-bond acceptors (Lipinski definition) is 8. The Morgan fingerprint density at radius 2 is 2.12 bits per heavy atom. The van der Waals surface area contributed by atoms with Gasteiger partial charge in [-0.3, -0.25) is 9.78 Å². The summed E-state index contributed by atoms with van der Waals surface area (Å²) >= 11 is 0. The molecule has 4 N–H and O–H groups in total. The van der Waals surface area contributed by atoms with E-state index in [9.17, 15) is 4.79 Å². The Kier molecular flexibility index (Phi) is 5.64. The van der Waals surface area contributed by atoms with Gasteiger partial charge < -0.3 is 25.7 Å². The summed E-state index contributed by atoms with van der Waals surface area (Å²) in [6.45, 7) is 5.21. The number of benzene rings is 1. The van der Waals surface area contributed by atoms with Crippen molar-refractivity contribution in [2.75, 3.05) is 23.7 Å². The van der Waals surface area contributed by atoms with Crippen LogP contribution in [0.4, 0.5) is 17.2 Å². The highest BCUT2D eigenvalue weighted by molar-refractivity contribution is 5.99. The van der Waals surface area contributed by atoms with E-state index in [-0.39, 0.29) is 12.0 Å². The molecule has 0 radical (unpaired) electrons. The first kappa shape index (κ1) is 20.6. The Morgan fingerprint density at radius 1 is 1.21 bits per heavy atom. The Morgan fingerprint density at radius 3 is 2.97 bits per heavy atom. The van der Waals surface area contributed by atoms with Crippen molar-refractivity contribution >= 4 is 34.3 Å². The van der Waals surface area contributed by atoms with Gasteiger partial charge in [0.05, 0.1) is 24.3 Å². The lowest BCUT2D eigenvalue weighted by molar-refractivity contribution is -0.111. The topological polar surface area (TPSA) is 130 Å². The van der Waals surface area contributed by atoms with Crippen molar-refractivity contribution in [1.82, 2.24) is 30.2 Å². The van der Waals surface area contributed by atoms with Crippen LogP contribution < -0.4 is 20.7 Å². The molecule has 0 aliphatic carbocycles. The van der Waals surface area contributed by atoms with Crippen LogP contribution in [0.1, 0.15) is 6.42 Å². The second-order valence-electron chi connectivity index (χ2n) is 7.53. The molecule has 0 bridgehead atoms. The van der Waals surface area contributed by atoms with Crippen LogP contribution in [-0.4, -0.2) is 50.0 Å². The van der Waals surface area contributed by atoms with Gasteiger partial charge in [-0.2, -0.15) is 0 Å². The summed E-state index contributed by atoms with van der Waals surface area (Å²) in [4.78, 5) is 32.8. The van der Waals surface area contributed by atoms with Crippen LogP contribution in [-0.2, 0) is 4.79 Å². The van der Waals surface area contributed by atoms with E-state index in [0.29, 0.717) is 34.2 Å². The first-order valence-electron chi connectivity index (χ1n) is 10.5. The molecule has 5 rings (SSSR count). The third-order valence-corrected chi connectivity index (χ3v) is 5.16. The van der Waals surface area contributed by atoms with Gasteiger partial charge >= 0.3 is 0 Å². The molecule has 1 atom stereocenters. The minimum absolute atomic E-state index is 0.0974. The fourth-order valence-corrected chi connectivity index (χ4v) is 3.60. The van der Waals surface area contributed by atoms with Gasteiger partial charge in [0.25, 0.3) is 0 Å². The van der Waals surface area contributed by atoms with E-state index in [1.54, 1.807) is 30.7 Å². The Hall–Kier alpha value is -4.31. The average Bonchev–Trinajstić information content (AvgIpc) is 3.49. The van der Waals surface area contributed by atoms with Crippen LogP contribution >= 0.6 is 0 Å². The quantitative estimate of drug-likeness (QED) is 0.321. The van der Waals surface area contributed by atoms with Gasteiger partial charge in [0.2, 0.25) is 11.8 Å². The molecule has 166 valence electrons. The predicted octanol–water partition coefficient (Wildman–Crippen LogP) is 3.02. The van der Waals surface area contributed by atoms with Gasteiger partial charge in [-0.05, 0) is 37.2 Å². The molecule has 1 unspecified atom stereocenters. The summed E-state index contributed by atoms with van der Waals surface area (Å²) < 4.78 is 5.94.